The normalized spacial score (nSPS) is 10.5. The molecule has 3 nitrogen and oxygen atoms in total. The van der Waals surface area contributed by atoms with Crippen LogP contribution in [0.1, 0.15) is 26.7 Å². The van der Waals surface area contributed by atoms with Crippen molar-refractivity contribution < 1.29 is 4.79 Å². The van der Waals surface area contributed by atoms with Crippen molar-refractivity contribution in [2.24, 2.45) is 5.92 Å². The summed E-state index contributed by atoms with van der Waals surface area (Å²) in [5.74, 6) is 0.507. The van der Waals surface area contributed by atoms with E-state index in [-0.39, 0.29) is 5.91 Å². The summed E-state index contributed by atoms with van der Waals surface area (Å²) >= 11 is 5.94. The molecule has 0 aliphatic rings. The Labute approximate surface area is 101 Å². The predicted octanol–water partition coefficient (Wildman–Crippen LogP) is 3.30. The molecular weight excluding hydrogens is 224 g/mol. The quantitative estimate of drug-likeness (QED) is 0.794. The Morgan fingerprint density at radius 3 is 2.75 bits per heavy atom. The van der Waals surface area contributed by atoms with Crippen LogP contribution < -0.4 is 11.1 Å². The van der Waals surface area contributed by atoms with E-state index >= 15 is 0 Å². The first kappa shape index (κ1) is 12.8. The number of amides is 1. The van der Waals surface area contributed by atoms with E-state index < -0.39 is 0 Å². The number of rotatable bonds is 4. The molecule has 0 saturated carbocycles. The second kappa shape index (κ2) is 5.75. The zero-order chi connectivity index (χ0) is 12.1. The Balaban J connectivity index is 2.56. The lowest BCUT2D eigenvalue weighted by molar-refractivity contribution is -0.116. The van der Waals surface area contributed by atoms with Crippen LogP contribution in [0.25, 0.3) is 0 Å². The highest BCUT2D eigenvalue weighted by molar-refractivity contribution is 6.34. The second-order valence-electron chi connectivity index (χ2n) is 4.22. The van der Waals surface area contributed by atoms with Crippen LogP contribution in [0.2, 0.25) is 5.02 Å². The van der Waals surface area contributed by atoms with E-state index in [1.165, 1.54) is 0 Å². The highest BCUT2D eigenvalue weighted by Crippen LogP contribution is 2.24. The van der Waals surface area contributed by atoms with E-state index in [2.05, 4.69) is 19.2 Å². The molecule has 0 aliphatic heterocycles. The lowest BCUT2D eigenvalue weighted by atomic mass is 10.1. The largest absolute Gasteiger partial charge is 0.399 e. The number of hydrogen-bond acceptors (Lipinski definition) is 2. The number of nitrogen functional groups attached to an aromatic ring is 1. The van der Waals surface area contributed by atoms with Gasteiger partial charge in [0.25, 0.3) is 0 Å². The van der Waals surface area contributed by atoms with Crippen molar-refractivity contribution in [1.82, 2.24) is 0 Å². The van der Waals surface area contributed by atoms with Crippen LogP contribution in [-0.4, -0.2) is 5.91 Å². The highest BCUT2D eigenvalue weighted by Gasteiger charge is 2.06. The molecule has 0 atom stereocenters. The number of anilines is 2. The zero-order valence-electron chi connectivity index (χ0n) is 9.59. The van der Waals surface area contributed by atoms with Crippen LogP contribution >= 0.6 is 11.6 Å². The standard InChI is InChI=1S/C12H17ClN2O/c1-8(2)3-6-12(16)15-11-5-4-9(14)7-10(11)13/h4-5,7-8H,3,6,14H2,1-2H3,(H,15,16). The highest BCUT2D eigenvalue weighted by atomic mass is 35.5. The molecule has 1 amide bonds. The number of halogens is 1. The molecule has 0 aromatic heterocycles. The molecule has 1 aromatic rings. The molecule has 0 fully saturated rings. The maximum Gasteiger partial charge on any atom is 0.224 e. The summed E-state index contributed by atoms with van der Waals surface area (Å²) in [6, 6.07) is 5.05. The van der Waals surface area contributed by atoms with Gasteiger partial charge in [-0.1, -0.05) is 25.4 Å². The van der Waals surface area contributed by atoms with Gasteiger partial charge in [-0.05, 0) is 30.5 Å². The first-order chi connectivity index (χ1) is 7.49. The van der Waals surface area contributed by atoms with Gasteiger partial charge < -0.3 is 11.1 Å². The minimum Gasteiger partial charge on any atom is -0.399 e. The summed E-state index contributed by atoms with van der Waals surface area (Å²) in [6.07, 6.45) is 1.39. The van der Waals surface area contributed by atoms with Crippen LogP contribution in [0.3, 0.4) is 0 Å². The van der Waals surface area contributed by atoms with Gasteiger partial charge in [0.1, 0.15) is 0 Å². The molecule has 0 aliphatic carbocycles. The average Bonchev–Trinajstić information content (AvgIpc) is 2.19. The molecule has 4 heteroatoms. The van der Waals surface area contributed by atoms with Gasteiger partial charge in [0.05, 0.1) is 10.7 Å². The Kier molecular flexibility index (Phi) is 4.62. The lowest BCUT2D eigenvalue weighted by Gasteiger charge is -2.08. The fraction of sp³-hybridized carbons (Fsp3) is 0.417. The maximum atomic E-state index is 11.6. The molecule has 0 radical (unpaired) electrons. The Bertz CT molecular complexity index is 377. The first-order valence-corrected chi connectivity index (χ1v) is 5.71. The number of benzene rings is 1. The number of nitrogens with two attached hydrogens (primary N) is 1. The molecule has 0 heterocycles. The van der Waals surface area contributed by atoms with Crippen molar-refractivity contribution in [3.8, 4) is 0 Å². The maximum absolute atomic E-state index is 11.6. The van der Waals surface area contributed by atoms with Gasteiger partial charge in [-0.3, -0.25) is 4.79 Å². The van der Waals surface area contributed by atoms with E-state index in [0.29, 0.717) is 28.7 Å². The van der Waals surface area contributed by atoms with Gasteiger partial charge in [-0.2, -0.15) is 0 Å². The van der Waals surface area contributed by atoms with E-state index in [1.807, 2.05) is 0 Å². The Morgan fingerprint density at radius 1 is 1.50 bits per heavy atom. The van der Waals surface area contributed by atoms with Gasteiger partial charge in [-0.15, -0.1) is 0 Å². The molecule has 0 saturated heterocycles. The van der Waals surface area contributed by atoms with Gasteiger partial charge in [0.2, 0.25) is 5.91 Å². The Morgan fingerprint density at radius 2 is 2.19 bits per heavy atom. The van der Waals surface area contributed by atoms with Gasteiger partial charge >= 0.3 is 0 Å². The summed E-state index contributed by atoms with van der Waals surface area (Å²) in [4.78, 5) is 11.6. The fourth-order valence-electron chi connectivity index (χ4n) is 1.27. The molecule has 88 valence electrons. The summed E-state index contributed by atoms with van der Waals surface area (Å²) in [7, 11) is 0. The van der Waals surface area contributed by atoms with Crippen LogP contribution in [0, 0.1) is 5.92 Å². The zero-order valence-corrected chi connectivity index (χ0v) is 10.3. The minimum absolute atomic E-state index is 0.0135. The molecule has 3 N–H and O–H groups in total. The van der Waals surface area contributed by atoms with Crippen molar-refractivity contribution >= 4 is 28.9 Å². The topological polar surface area (TPSA) is 55.1 Å². The molecule has 0 bridgehead atoms. The molecule has 0 unspecified atom stereocenters. The van der Waals surface area contributed by atoms with Crippen LogP contribution in [0.4, 0.5) is 11.4 Å². The summed E-state index contributed by atoms with van der Waals surface area (Å²) in [5.41, 5.74) is 6.76. The van der Waals surface area contributed by atoms with Crippen molar-refractivity contribution in [2.45, 2.75) is 26.7 Å². The van der Waals surface area contributed by atoms with Crippen LogP contribution in [-0.2, 0) is 4.79 Å². The number of hydrogen-bond donors (Lipinski definition) is 2. The average molecular weight is 241 g/mol. The summed E-state index contributed by atoms with van der Waals surface area (Å²) in [5, 5.41) is 3.24. The molecule has 0 spiro atoms. The number of carbonyl (C=O) groups excluding carboxylic acids is 1. The van der Waals surface area contributed by atoms with Gasteiger partial charge in [-0.25, -0.2) is 0 Å². The summed E-state index contributed by atoms with van der Waals surface area (Å²) < 4.78 is 0. The van der Waals surface area contributed by atoms with E-state index in [0.717, 1.165) is 6.42 Å². The van der Waals surface area contributed by atoms with Crippen molar-refractivity contribution in [3.63, 3.8) is 0 Å². The van der Waals surface area contributed by atoms with Crippen LogP contribution in [0.5, 0.6) is 0 Å². The third-order valence-corrected chi connectivity index (χ3v) is 2.53. The summed E-state index contributed by atoms with van der Waals surface area (Å²) in [6.45, 7) is 4.17. The van der Waals surface area contributed by atoms with E-state index in [9.17, 15) is 4.79 Å². The lowest BCUT2D eigenvalue weighted by Crippen LogP contribution is -2.12. The SMILES string of the molecule is CC(C)CCC(=O)Nc1ccc(N)cc1Cl. The monoisotopic (exact) mass is 240 g/mol. The fourth-order valence-corrected chi connectivity index (χ4v) is 1.50. The molecule has 1 aromatic carbocycles. The van der Waals surface area contributed by atoms with E-state index in [1.54, 1.807) is 18.2 Å². The van der Waals surface area contributed by atoms with Crippen molar-refractivity contribution in [3.05, 3.63) is 23.2 Å². The van der Waals surface area contributed by atoms with Gasteiger partial charge in [0, 0.05) is 12.1 Å². The molecule has 16 heavy (non-hydrogen) atoms. The van der Waals surface area contributed by atoms with Crippen LogP contribution in [0.15, 0.2) is 18.2 Å². The predicted molar refractivity (Wildman–Crippen MR) is 68.6 cm³/mol. The molecular formula is C12H17ClN2O. The Hall–Kier alpha value is -1.22. The molecule has 1 rings (SSSR count). The third kappa shape index (κ3) is 4.11. The van der Waals surface area contributed by atoms with Gasteiger partial charge in [0.15, 0.2) is 0 Å². The van der Waals surface area contributed by atoms with E-state index in [4.69, 9.17) is 17.3 Å². The third-order valence-electron chi connectivity index (χ3n) is 2.22. The minimum atomic E-state index is -0.0135. The smallest absolute Gasteiger partial charge is 0.224 e. The van der Waals surface area contributed by atoms with Crippen molar-refractivity contribution in [1.29, 1.82) is 0 Å². The number of nitrogens with one attached hydrogen (secondary N) is 1. The number of carbonyl (C=O) groups is 1. The first-order valence-electron chi connectivity index (χ1n) is 5.34. The van der Waals surface area contributed by atoms with Crippen molar-refractivity contribution in [2.75, 3.05) is 11.1 Å². The second-order valence-corrected chi connectivity index (χ2v) is 4.63.